The standard InChI is InChI=1S/C16H17BrN4O2S2/c1-3-6-21-15(22)19-20-16(21)25-9-11-8-24-14(18-11)12-7-10(17)4-5-13(12)23-2/h4-5,7-8H,3,6,9H2,1-2H3,(H,19,22). The molecule has 1 aromatic carbocycles. The van der Waals surface area contributed by atoms with Gasteiger partial charge < -0.3 is 4.74 Å². The van der Waals surface area contributed by atoms with Gasteiger partial charge in [-0.1, -0.05) is 34.6 Å². The second-order valence-electron chi connectivity index (χ2n) is 5.24. The molecule has 0 atom stereocenters. The number of ether oxygens (including phenoxy) is 1. The first-order valence-corrected chi connectivity index (χ1v) is 10.3. The van der Waals surface area contributed by atoms with E-state index in [1.54, 1.807) is 23.0 Å². The molecule has 6 nitrogen and oxygen atoms in total. The van der Waals surface area contributed by atoms with Crippen molar-refractivity contribution in [1.82, 2.24) is 19.7 Å². The van der Waals surface area contributed by atoms with Crippen molar-refractivity contribution in [3.8, 4) is 16.3 Å². The Morgan fingerprint density at radius 3 is 3.04 bits per heavy atom. The van der Waals surface area contributed by atoms with Gasteiger partial charge in [0.25, 0.3) is 0 Å². The minimum atomic E-state index is -0.165. The number of methoxy groups -OCH3 is 1. The largest absolute Gasteiger partial charge is 0.496 e. The zero-order chi connectivity index (χ0) is 17.8. The Morgan fingerprint density at radius 2 is 2.28 bits per heavy atom. The molecular weight excluding hydrogens is 424 g/mol. The van der Waals surface area contributed by atoms with Crippen molar-refractivity contribution in [2.24, 2.45) is 0 Å². The van der Waals surface area contributed by atoms with Gasteiger partial charge in [0, 0.05) is 22.2 Å². The van der Waals surface area contributed by atoms with Crippen LogP contribution in [0, 0.1) is 0 Å². The summed E-state index contributed by atoms with van der Waals surface area (Å²) in [5.41, 5.74) is 1.74. The number of H-pyrrole nitrogens is 1. The zero-order valence-corrected chi connectivity index (χ0v) is 17.0. The summed E-state index contributed by atoms with van der Waals surface area (Å²) in [5, 5.41) is 10.2. The first-order chi connectivity index (χ1) is 12.1. The van der Waals surface area contributed by atoms with Gasteiger partial charge in [-0.2, -0.15) is 0 Å². The summed E-state index contributed by atoms with van der Waals surface area (Å²) < 4.78 is 8.07. The summed E-state index contributed by atoms with van der Waals surface area (Å²) in [4.78, 5) is 16.4. The third kappa shape index (κ3) is 4.16. The molecule has 0 radical (unpaired) electrons. The monoisotopic (exact) mass is 440 g/mol. The topological polar surface area (TPSA) is 72.8 Å². The number of thiazole rings is 1. The maximum atomic E-state index is 11.7. The summed E-state index contributed by atoms with van der Waals surface area (Å²) in [6.45, 7) is 2.70. The highest BCUT2D eigenvalue weighted by atomic mass is 79.9. The van der Waals surface area contributed by atoms with E-state index in [0.29, 0.717) is 17.5 Å². The van der Waals surface area contributed by atoms with Crippen molar-refractivity contribution in [3.05, 3.63) is 44.2 Å². The van der Waals surface area contributed by atoms with Gasteiger partial charge in [-0.15, -0.1) is 16.4 Å². The van der Waals surface area contributed by atoms with Crippen LogP contribution in [0.5, 0.6) is 5.75 Å². The van der Waals surface area contributed by atoms with E-state index in [4.69, 9.17) is 9.72 Å². The van der Waals surface area contributed by atoms with Crippen LogP contribution in [-0.2, 0) is 12.3 Å². The maximum Gasteiger partial charge on any atom is 0.343 e. The van der Waals surface area contributed by atoms with Gasteiger partial charge in [0.15, 0.2) is 5.16 Å². The lowest BCUT2D eigenvalue weighted by molar-refractivity contribution is 0.416. The normalized spacial score (nSPS) is 11.0. The van der Waals surface area contributed by atoms with Crippen LogP contribution >= 0.6 is 39.0 Å². The molecule has 0 aliphatic heterocycles. The molecule has 132 valence electrons. The van der Waals surface area contributed by atoms with Crippen LogP contribution in [-0.4, -0.2) is 26.9 Å². The van der Waals surface area contributed by atoms with E-state index >= 15 is 0 Å². The molecule has 2 heterocycles. The van der Waals surface area contributed by atoms with E-state index in [9.17, 15) is 4.79 Å². The maximum absolute atomic E-state index is 11.7. The van der Waals surface area contributed by atoms with Crippen LogP contribution < -0.4 is 10.4 Å². The Bertz CT molecular complexity index is 919. The van der Waals surface area contributed by atoms with Crippen LogP contribution in [0.1, 0.15) is 19.0 Å². The number of rotatable bonds is 7. The predicted octanol–water partition coefficient (Wildman–Crippen LogP) is 4.17. The summed E-state index contributed by atoms with van der Waals surface area (Å²) in [5.74, 6) is 1.45. The zero-order valence-electron chi connectivity index (χ0n) is 13.8. The second-order valence-corrected chi connectivity index (χ2v) is 7.96. The number of aromatic amines is 1. The average molecular weight is 441 g/mol. The number of hydrogen-bond donors (Lipinski definition) is 1. The minimum absolute atomic E-state index is 0.165. The van der Waals surface area contributed by atoms with Crippen LogP contribution in [0.4, 0.5) is 0 Å². The summed E-state index contributed by atoms with van der Waals surface area (Å²) in [6.07, 6.45) is 0.885. The Hall–Kier alpha value is -1.58. The fourth-order valence-electron chi connectivity index (χ4n) is 2.32. The lowest BCUT2D eigenvalue weighted by atomic mass is 10.2. The Morgan fingerprint density at radius 1 is 1.44 bits per heavy atom. The van der Waals surface area contributed by atoms with Crippen LogP contribution in [0.15, 0.2) is 38.0 Å². The number of thioether (sulfide) groups is 1. The lowest BCUT2D eigenvalue weighted by Crippen LogP contribution is -2.17. The Balaban J connectivity index is 1.77. The van der Waals surface area contributed by atoms with E-state index in [1.807, 2.05) is 30.5 Å². The minimum Gasteiger partial charge on any atom is -0.496 e. The van der Waals surface area contributed by atoms with Crippen LogP contribution in [0.25, 0.3) is 10.6 Å². The molecule has 0 spiro atoms. The molecule has 0 aliphatic carbocycles. The van der Waals surface area contributed by atoms with Crippen molar-refractivity contribution >= 4 is 39.0 Å². The highest BCUT2D eigenvalue weighted by Crippen LogP contribution is 2.35. The van der Waals surface area contributed by atoms with Crippen molar-refractivity contribution < 1.29 is 4.74 Å². The summed E-state index contributed by atoms with van der Waals surface area (Å²) in [6, 6.07) is 5.86. The van der Waals surface area contributed by atoms with Gasteiger partial charge in [0.05, 0.1) is 18.4 Å². The number of nitrogens with zero attached hydrogens (tertiary/aromatic N) is 3. The van der Waals surface area contributed by atoms with E-state index in [-0.39, 0.29) is 5.69 Å². The molecule has 0 amide bonds. The van der Waals surface area contributed by atoms with Crippen molar-refractivity contribution in [3.63, 3.8) is 0 Å². The molecule has 25 heavy (non-hydrogen) atoms. The average Bonchev–Trinajstić information content (AvgIpc) is 3.21. The fraction of sp³-hybridized carbons (Fsp3) is 0.312. The van der Waals surface area contributed by atoms with Crippen molar-refractivity contribution in [1.29, 1.82) is 0 Å². The number of nitrogens with one attached hydrogen (secondary N) is 1. The SMILES string of the molecule is CCCn1c(SCc2csc(-c3cc(Br)ccc3OC)n2)n[nH]c1=O. The molecule has 3 aromatic rings. The second kappa shape index (κ2) is 8.20. The summed E-state index contributed by atoms with van der Waals surface area (Å²) in [7, 11) is 1.65. The lowest BCUT2D eigenvalue weighted by Gasteiger charge is -2.06. The molecule has 0 unspecified atom stereocenters. The molecule has 2 aromatic heterocycles. The quantitative estimate of drug-likeness (QED) is 0.558. The highest BCUT2D eigenvalue weighted by Gasteiger charge is 2.13. The number of hydrogen-bond acceptors (Lipinski definition) is 6. The van der Waals surface area contributed by atoms with Crippen molar-refractivity contribution in [2.45, 2.75) is 30.8 Å². The number of benzene rings is 1. The molecule has 3 rings (SSSR count). The van der Waals surface area contributed by atoms with E-state index in [0.717, 1.165) is 32.9 Å². The van der Waals surface area contributed by atoms with E-state index < -0.39 is 0 Å². The van der Waals surface area contributed by atoms with Gasteiger partial charge in [-0.3, -0.25) is 4.57 Å². The van der Waals surface area contributed by atoms with Gasteiger partial charge in [0.1, 0.15) is 10.8 Å². The van der Waals surface area contributed by atoms with Crippen LogP contribution in [0.3, 0.4) is 0 Å². The summed E-state index contributed by atoms with van der Waals surface area (Å²) >= 11 is 6.57. The van der Waals surface area contributed by atoms with E-state index in [1.165, 1.54) is 11.8 Å². The Kier molecular flexibility index (Phi) is 5.98. The third-order valence-electron chi connectivity index (χ3n) is 3.46. The predicted molar refractivity (Wildman–Crippen MR) is 105 cm³/mol. The molecule has 0 saturated heterocycles. The Labute approximate surface area is 161 Å². The third-order valence-corrected chi connectivity index (χ3v) is 5.89. The first kappa shape index (κ1) is 18.2. The molecular formula is C16H17BrN4O2S2. The molecule has 9 heteroatoms. The fourth-order valence-corrected chi connectivity index (χ4v) is 4.49. The molecule has 1 N–H and O–H groups in total. The van der Waals surface area contributed by atoms with Crippen LogP contribution in [0.2, 0.25) is 0 Å². The smallest absolute Gasteiger partial charge is 0.343 e. The number of aromatic nitrogens is 4. The van der Waals surface area contributed by atoms with E-state index in [2.05, 4.69) is 26.1 Å². The highest BCUT2D eigenvalue weighted by molar-refractivity contribution is 9.10. The van der Waals surface area contributed by atoms with Gasteiger partial charge in [-0.05, 0) is 24.6 Å². The van der Waals surface area contributed by atoms with Gasteiger partial charge in [-0.25, -0.2) is 14.9 Å². The molecule has 0 aliphatic rings. The van der Waals surface area contributed by atoms with Crippen molar-refractivity contribution in [2.75, 3.05) is 7.11 Å². The molecule has 0 bridgehead atoms. The molecule has 0 fully saturated rings. The first-order valence-electron chi connectivity index (χ1n) is 7.68. The number of halogens is 1. The molecule has 0 saturated carbocycles. The van der Waals surface area contributed by atoms with Gasteiger partial charge in [0.2, 0.25) is 0 Å². The van der Waals surface area contributed by atoms with Gasteiger partial charge >= 0.3 is 5.69 Å².